The normalized spacial score (nSPS) is 10.4. The van der Waals surface area contributed by atoms with E-state index in [4.69, 9.17) is 14.2 Å². The van der Waals surface area contributed by atoms with Crippen molar-refractivity contribution in [1.82, 2.24) is 14.8 Å². The number of rotatable bonds is 7. The molecular formula is C18H16N4O6. The second-order valence-corrected chi connectivity index (χ2v) is 5.53. The van der Waals surface area contributed by atoms with Gasteiger partial charge in [-0.2, -0.15) is 5.10 Å². The van der Waals surface area contributed by atoms with Gasteiger partial charge < -0.3 is 14.2 Å². The summed E-state index contributed by atoms with van der Waals surface area (Å²) in [5.74, 6) is 0.620. The smallest absolute Gasteiger partial charge is 0.277 e. The minimum atomic E-state index is -0.537. The van der Waals surface area contributed by atoms with Gasteiger partial charge in [0.05, 0.1) is 37.5 Å². The molecule has 2 aromatic carbocycles. The van der Waals surface area contributed by atoms with Crippen LogP contribution in [0.5, 0.6) is 17.2 Å². The van der Waals surface area contributed by atoms with Gasteiger partial charge in [0.25, 0.3) is 5.69 Å². The first-order valence-electron chi connectivity index (χ1n) is 7.97. The highest BCUT2D eigenvalue weighted by atomic mass is 16.6. The molecule has 0 aliphatic heterocycles. The van der Waals surface area contributed by atoms with Crippen LogP contribution < -0.4 is 14.2 Å². The molecule has 3 rings (SSSR count). The number of carbonyl (C=O) groups is 1. The van der Waals surface area contributed by atoms with Crippen molar-refractivity contribution in [2.24, 2.45) is 0 Å². The summed E-state index contributed by atoms with van der Waals surface area (Å²) in [5.41, 5.74) is 0.833. The number of nitro benzene ring substituents is 1. The number of nitro groups is 1. The van der Waals surface area contributed by atoms with E-state index >= 15 is 0 Å². The Balaban J connectivity index is 2.40. The molecule has 0 unspecified atom stereocenters. The topological polar surface area (TPSA) is 119 Å². The van der Waals surface area contributed by atoms with E-state index in [2.05, 4.69) is 10.1 Å². The van der Waals surface area contributed by atoms with E-state index in [0.29, 0.717) is 12.0 Å². The van der Waals surface area contributed by atoms with E-state index in [1.807, 2.05) is 0 Å². The number of aromatic nitrogens is 3. The average Bonchev–Trinajstić information content (AvgIpc) is 3.26. The number of nitrogens with zero attached hydrogens (tertiary/aromatic N) is 4. The average molecular weight is 384 g/mol. The van der Waals surface area contributed by atoms with Crippen molar-refractivity contribution in [3.8, 4) is 34.1 Å². The molecule has 0 saturated carbocycles. The highest BCUT2D eigenvalue weighted by molar-refractivity contribution is 5.96. The van der Waals surface area contributed by atoms with Crippen LogP contribution in [0.25, 0.3) is 16.8 Å². The van der Waals surface area contributed by atoms with Crippen molar-refractivity contribution in [1.29, 1.82) is 0 Å². The first-order chi connectivity index (χ1) is 13.5. The summed E-state index contributed by atoms with van der Waals surface area (Å²) in [4.78, 5) is 26.8. The zero-order valence-electron chi connectivity index (χ0n) is 15.3. The van der Waals surface area contributed by atoms with Crippen LogP contribution in [-0.4, -0.2) is 47.3 Å². The van der Waals surface area contributed by atoms with Crippen molar-refractivity contribution in [3.63, 3.8) is 0 Å². The van der Waals surface area contributed by atoms with Gasteiger partial charge in [-0.1, -0.05) is 0 Å². The molecule has 10 nitrogen and oxygen atoms in total. The second kappa shape index (κ2) is 7.74. The fraction of sp³-hybridized carbons (Fsp3) is 0.167. The zero-order chi connectivity index (χ0) is 20.3. The summed E-state index contributed by atoms with van der Waals surface area (Å²) in [6, 6.07) is 5.83. The predicted octanol–water partition coefficient (Wildman–Crippen LogP) is 2.68. The molecule has 0 atom stereocenters. The standard InChI is InChI=1S/C18H16N4O6/c1-26-15-6-11(8-23)16(18(28-3)17(15)27-2)13-7-12(21-10-19-9-20-21)4-5-14(13)22(24)25/h4-10H,1-3H3. The minimum Gasteiger partial charge on any atom is -0.493 e. The van der Waals surface area contributed by atoms with Crippen molar-refractivity contribution in [2.75, 3.05) is 21.3 Å². The number of carbonyl (C=O) groups excluding carboxylic acids is 1. The SMILES string of the molecule is COc1cc(C=O)c(-c2cc(-n3cncn3)ccc2[N+](=O)[O-])c(OC)c1OC. The maximum atomic E-state index is 11.8. The number of ether oxygens (including phenoxy) is 3. The number of methoxy groups -OCH3 is 3. The van der Waals surface area contributed by atoms with Crippen LogP contribution in [0.4, 0.5) is 5.69 Å². The van der Waals surface area contributed by atoms with Crippen molar-refractivity contribution in [2.45, 2.75) is 0 Å². The maximum Gasteiger partial charge on any atom is 0.277 e. The minimum absolute atomic E-state index is 0.141. The molecule has 0 saturated heterocycles. The zero-order valence-corrected chi connectivity index (χ0v) is 15.3. The lowest BCUT2D eigenvalue weighted by Crippen LogP contribution is -2.03. The summed E-state index contributed by atoms with van der Waals surface area (Å²) in [7, 11) is 4.20. The Morgan fingerprint density at radius 1 is 1.11 bits per heavy atom. The number of benzene rings is 2. The summed E-state index contributed by atoms with van der Waals surface area (Å²) in [6.45, 7) is 0. The first-order valence-corrected chi connectivity index (χ1v) is 7.97. The van der Waals surface area contributed by atoms with Gasteiger partial charge in [-0.3, -0.25) is 14.9 Å². The molecule has 0 spiro atoms. The van der Waals surface area contributed by atoms with E-state index in [9.17, 15) is 14.9 Å². The van der Waals surface area contributed by atoms with Crippen LogP contribution in [0.1, 0.15) is 10.4 Å². The Labute approximate surface area is 159 Å². The van der Waals surface area contributed by atoms with Gasteiger partial charge in [0.2, 0.25) is 5.75 Å². The van der Waals surface area contributed by atoms with Gasteiger partial charge in [0.1, 0.15) is 12.7 Å². The molecule has 1 aromatic heterocycles. The second-order valence-electron chi connectivity index (χ2n) is 5.53. The largest absolute Gasteiger partial charge is 0.493 e. The van der Waals surface area contributed by atoms with Crippen molar-refractivity contribution < 1.29 is 23.9 Å². The van der Waals surface area contributed by atoms with E-state index in [1.54, 1.807) is 0 Å². The fourth-order valence-electron chi connectivity index (χ4n) is 2.91. The molecule has 0 N–H and O–H groups in total. The molecule has 28 heavy (non-hydrogen) atoms. The van der Waals surface area contributed by atoms with E-state index in [-0.39, 0.29) is 39.6 Å². The molecule has 0 bridgehead atoms. The molecule has 144 valence electrons. The summed E-state index contributed by atoms with van der Waals surface area (Å²) < 4.78 is 17.5. The van der Waals surface area contributed by atoms with E-state index in [1.165, 1.54) is 62.9 Å². The third-order valence-corrected chi connectivity index (χ3v) is 4.12. The predicted molar refractivity (Wildman–Crippen MR) is 98.5 cm³/mol. The summed E-state index contributed by atoms with van der Waals surface area (Å²) >= 11 is 0. The fourth-order valence-corrected chi connectivity index (χ4v) is 2.91. The first kappa shape index (κ1) is 18.8. The van der Waals surface area contributed by atoms with Gasteiger partial charge in [-0.15, -0.1) is 0 Å². The van der Waals surface area contributed by atoms with E-state index in [0.717, 1.165) is 0 Å². The Bertz CT molecular complexity index is 1030. The van der Waals surface area contributed by atoms with Gasteiger partial charge >= 0.3 is 0 Å². The quantitative estimate of drug-likeness (QED) is 0.346. The molecule has 0 aliphatic carbocycles. The maximum absolute atomic E-state index is 11.8. The van der Waals surface area contributed by atoms with Crippen molar-refractivity contribution in [3.05, 3.63) is 52.6 Å². The highest BCUT2D eigenvalue weighted by Crippen LogP contribution is 2.48. The van der Waals surface area contributed by atoms with Crippen LogP contribution in [0.3, 0.4) is 0 Å². The summed E-state index contributed by atoms with van der Waals surface area (Å²) in [6.07, 6.45) is 3.37. The van der Waals surface area contributed by atoms with Crippen LogP contribution >= 0.6 is 0 Å². The third-order valence-electron chi connectivity index (χ3n) is 4.12. The molecule has 1 heterocycles. The van der Waals surface area contributed by atoms with Crippen molar-refractivity contribution >= 4 is 12.0 Å². The Kier molecular flexibility index (Phi) is 5.21. The van der Waals surface area contributed by atoms with Gasteiger partial charge in [0, 0.05) is 17.2 Å². The lowest BCUT2D eigenvalue weighted by atomic mass is 9.96. The lowest BCUT2D eigenvalue weighted by Gasteiger charge is -2.18. The van der Waals surface area contributed by atoms with Gasteiger partial charge in [-0.05, 0) is 18.2 Å². The number of aldehydes is 1. The molecule has 10 heteroatoms. The van der Waals surface area contributed by atoms with E-state index < -0.39 is 4.92 Å². The Morgan fingerprint density at radius 2 is 1.86 bits per heavy atom. The Morgan fingerprint density at radius 3 is 2.39 bits per heavy atom. The molecule has 0 aliphatic rings. The molecular weight excluding hydrogens is 368 g/mol. The lowest BCUT2D eigenvalue weighted by molar-refractivity contribution is -0.384. The van der Waals surface area contributed by atoms with Crippen LogP contribution in [0, 0.1) is 10.1 Å². The van der Waals surface area contributed by atoms with Crippen LogP contribution in [-0.2, 0) is 0 Å². The van der Waals surface area contributed by atoms with Crippen LogP contribution in [0.15, 0.2) is 36.9 Å². The molecule has 3 aromatic rings. The number of hydrogen-bond acceptors (Lipinski definition) is 8. The number of hydrogen-bond donors (Lipinski definition) is 0. The molecule has 0 fully saturated rings. The molecule has 0 radical (unpaired) electrons. The van der Waals surface area contributed by atoms with Crippen LogP contribution in [0.2, 0.25) is 0 Å². The third kappa shape index (κ3) is 3.11. The Hall–Kier alpha value is -3.95. The monoisotopic (exact) mass is 384 g/mol. The summed E-state index contributed by atoms with van der Waals surface area (Å²) in [5, 5.41) is 15.7. The van der Waals surface area contributed by atoms with Gasteiger partial charge in [0.15, 0.2) is 17.8 Å². The molecule has 0 amide bonds. The van der Waals surface area contributed by atoms with Gasteiger partial charge in [-0.25, -0.2) is 9.67 Å². The highest BCUT2D eigenvalue weighted by Gasteiger charge is 2.27.